The summed E-state index contributed by atoms with van der Waals surface area (Å²) in [7, 11) is 3.03. The third-order valence-electron chi connectivity index (χ3n) is 4.51. The van der Waals surface area contributed by atoms with Crippen LogP contribution in [0.3, 0.4) is 0 Å². The van der Waals surface area contributed by atoms with Crippen LogP contribution in [-0.4, -0.2) is 45.6 Å². The van der Waals surface area contributed by atoms with Crippen molar-refractivity contribution in [3.05, 3.63) is 64.8 Å². The van der Waals surface area contributed by atoms with Crippen LogP contribution in [0.4, 0.5) is 10.1 Å². The number of nitrogens with one attached hydrogen (secondary N) is 2. The summed E-state index contributed by atoms with van der Waals surface area (Å²) in [5, 5.41) is 7.48. The van der Waals surface area contributed by atoms with Gasteiger partial charge >= 0.3 is 0 Å². The molecule has 2 aromatic heterocycles. The Morgan fingerprint density at radius 2 is 1.97 bits per heavy atom. The first-order valence-electron chi connectivity index (χ1n) is 9.37. The van der Waals surface area contributed by atoms with Crippen LogP contribution in [0.25, 0.3) is 16.7 Å². The normalized spacial score (nSPS) is 10.8. The molecule has 0 bridgehead atoms. The summed E-state index contributed by atoms with van der Waals surface area (Å²) in [5.41, 5.74) is 0.966. The van der Waals surface area contributed by atoms with E-state index in [1.54, 1.807) is 18.2 Å². The molecule has 0 aliphatic carbocycles. The number of amides is 1. The molecule has 2 N–H and O–H groups in total. The lowest BCUT2D eigenvalue weighted by Gasteiger charge is -2.11. The van der Waals surface area contributed by atoms with E-state index in [0.29, 0.717) is 28.5 Å². The molecule has 0 unspecified atom stereocenters. The quantitative estimate of drug-likeness (QED) is 0.326. The number of thioether (sulfide) groups is 1. The fourth-order valence-electron chi connectivity index (χ4n) is 2.96. The minimum atomic E-state index is -0.386. The summed E-state index contributed by atoms with van der Waals surface area (Å²) < 4.78 is 25.1. The molecule has 11 heteroatoms. The molecule has 1 amide bonds. The number of anilines is 1. The second-order valence-corrected chi connectivity index (χ2v) is 7.51. The number of fused-ring (bicyclic) bond motifs is 1. The highest BCUT2D eigenvalue weighted by Crippen LogP contribution is 2.29. The van der Waals surface area contributed by atoms with Crippen molar-refractivity contribution in [1.82, 2.24) is 19.7 Å². The maximum atomic E-state index is 13.2. The molecule has 0 spiro atoms. The Kier molecular flexibility index (Phi) is 6.08. The van der Waals surface area contributed by atoms with Gasteiger partial charge in [0.1, 0.15) is 22.7 Å². The van der Waals surface area contributed by atoms with Crippen LogP contribution in [0.1, 0.15) is 0 Å². The van der Waals surface area contributed by atoms with E-state index in [-0.39, 0.29) is 33.6 Å². The molecule has 32 heavy (non-hydrogen) atoms. The van der Waals surface area contributed by atoms with Crippen molar-refractivity contribution < 1.29 is 18.7 Å². The average molecular weight is 455 g/mol. The van der Waals surface area contributed by atoms with Crippen LogP contribution in [0.2, 0.25) is 0 Å². The van der Waals surface area contributed by atoms with Gasteiger partial charge in [0, 0.05) is 6.07 Å². The van der Waals surface area contributed by atoms with Gasteiger partial charge in [-0.05, 0) is 36.4 Å². The SMILES string of the molecule is COc1ccc(NC(=O)CSc2nc3c(cnn3-c3ccc(F)cc3)c(=O)[nH]2)c(OC)c1. The number of rotatable bonds is 7. The number of aromatic nitrogens is 4. The van der Waals surface area contributed by atoms with E-state index >= 15 is 0 Å². The van der Waals surface area contributed by atoms with Crippen molar-refractivity contribution in [3.8, 4) is 17.2 Å². The third-order valence-corrected chi connectivity index (χ3v) is 5.38. The molecule has 0 saturated heterocycles. The van der Waals surface area contributed by atoms with Gasteiger partial charge < -0.3 is 19.8 Å². The number of nitrogens with zero attached hydrogens (tertiary/aromatic N) is 3. The van der Waals surface area contributed by atoms with Crippen LogP contribution < -0.4 is 20.3 Å². The van der Waals surface area contributed by atoms with Gasteiger partial charge in [0.15, 0.2) is 10.8 Å². The van der Waals surface area contributed by atoms with Crippen LogP contribution in [0.5, 0.6) is 11.5 Å². The number of carbonyl (C=O) groups is 1. The molecule has 164 valence electrons. The topological polar surface area (TPSA) is 111 Å². The fraction of sp³-hybridized carbons (Fsp3) is 0.143. The summed E-state index contributed by atoms with van der Waals surface area (Å²) in [6.07, 6.45) is 1.39. The summed E-state index contributed by atoms with van der Waals surface area (Å²) in [5.74, 6) is 0.356. The number of ether oxygens (including phenoxy) is 2. The van der Waals surface area contributed by atoms with Crippen molar-refractivity contribution in [2.75, 3.05) is 25.3 Å². The van der Waals surface area contributed by atoms with Crippen LogP contribution >= 0.6 is 11.8 Å². The number of halogens is 1. The largest absolute Gasteiger partial charge is 0.497 e. The maximum absolute atomic E-state index is 13.2. The number of methoxy groups -OCH3 is 2. The number of benzene rings is 2. The lowest BCUT2D eigenvalue weighted by Crippen LogP contribution is -2.16. The molecule has 0 fully saturated rings. The fourth-order valence-corrected chi connectivity index (χ4v) is 3.62. The van der Waals surface area contributed by atoms with E-state index in [0.717, 1.165) is 11.8 Å². The van der Waals surface area contributed by atoms with Crippen molar-refractivity contribution in [2.24, 2.45) is 0 Å². The minimum absolute atomic E-state index is 0.00564. The summed E-state index contributed by atoms with van der Waals surface area (Å²) in [6.45, 7) is 0. The van der Waals surface area contributed by atoms with Gasteiger partial charge in [-0.2, -0.15) is 5.10 Å². The highest BCUT2D eigenvalue weighted by Gasteiger charge is 2.14. The minimum Gasteiger partial charge on any atom is -0.497 e. The van der Waals surface area contributed by atoms with E-state index in [9.17, 15) is 14.0 Å². The number of H-pyrrole nitrogens is 1. The van der Waals surface area contributed by atoms with E-state index in [4.69, 9.17) is 9.47 Å². The van der Waals surface area contributed by atoms with Crippen molar-refractivity contribution in [1.29, 1.82) is 0 Å². The third kappa shape index (κ3) is 4.42. The smallest absolute Gasteiger partial charge is 0.262 e. The molecule has 4 rings (SSSR count). The second kappa shape index (κ2) is 9.10. The lowest BCUT2D eigenvalue weighted by molar-refractivity contribution is -0.113. The molecular formula is C21H18FN5O4S. The summed E-state index contributed by atoms with van der Waals surface area (Å²) in [6, 6.07) is 10.7. The molecule has 0 aliphatic heterocycles. The Morgan fingerprint density at radius 3 is 2.69 bits per heavy atom. The number of aromatic amines is 1. The first kappa shape index (κ1) is 21.4. The zero-order valence-electron chi connectivity index (χ0n) is 17.1. The summed E-state index contributed by atoms with van der Waals surface area (Å²) >= 11 is 1.06. The Labute approximate surface area is 185 Å². The van der Waals surface area contributed by atoms with E-state index in [1.165, 1.54) is 49.4 Å². The van der Waals surface area contributed by atoms with Gasteiger partial charge in [0.25, 0.3) is 5.56 Å². The van der Waals surface area contributed by atoms with Crippen molar-refractivity contribution in [3.63, 3.8) is 0 Å². The molecule has 0 aliphatic rings. The van der Waals surface area contributed by atoms with Crippen molar-refractivity contribution >= 4 is 34.4 Å². The van der Waals surface area contributed by atoms with E-state index in [1.807, 2.05) is 0 Å². The molecule has 4 aromatic rings. The standard InChI is InChI=1S/C21H18FN5O4S/c1-30-14-7-8-16(17(9-14)31-2)24-18(28)11-32-21-25-19-15(20(29)26-21)10-23-27(19)13-5-3-12(22)4-6-13/h3-10H,11H2,1-2H3,(H,24,28)(H,25,26,29). The Bertz CT molecular complexity index is 1340. The predicted molar refractivity (Wildman–Crippen MR) is 118 cm³/mol. The molecule has 0 saturated carbocycles. The Morgan fingerprint density at radius 1 is 1.19 bits per heavy atom. The Balaban J connectivity index is 1.52. The van der Waals surface area contributed by atoms with Crippen LogP contribution in [0.15, 0.2) is 58.6 Å². The molecule has 2 heterocycles. The Hall–Kier alpha value is -3.86. The zero-order valence-corrected chi connectivity index (χ0v) is 17.9. The highest BCUT2D eigenvalue weighted by molar-refractivity contribution is 7.99. The maximum Gasteiger partial charge on any atom is 0.262 e. The van der Waals surface area contributed by atoms with Crippen molar-refractivity contribution in [2.45, 2.75) is 5.16 Å². The monoisotopic (exact) mass is 455 g/mol. The molecular weight excluding hydrogens is 437 g/mol. The number of carbonyl (C=O) groups excluding carboxylic acids is 1. The van der Waals surface area contributed by atoms with Gasteiger partial charge in [-0.15, -0.1) is 0 Å². The number of hydrogen-bond acceptors (Lipinski definition) is 7. The van der Waals surface area contributed by atoms with E-state index < -0.39 is 0 Å². The first-order valence-corrected chi connectivity index (χ1v) is 10.4. The number of hydrogen-bond donors (Lipinski definition) is 2. The zero-order chi connectivity index (χ0) is 22.7. The molecule has 0 atom stereocenters. The molecule has 2 aromatic carbocycles. The first-order chi connectivity index (χ1) is 15.5. The van der Waals surface area contributed by atoms with Crippen LogP contribution in [-0.2, 0) is 4.79 Å². The van der Waals surface area contributed by atoms with E-state index in [2.05, 4.69) is 20.4 Å². The van der Waals surface area contributed by atoms with Gasteiger partial charge in [0.05, 0.1) is 37.5 Å². The highest BCUT2D eigenvalue weighted by atomic mass is 32.2. The van der Waals surface area contributed by atoms with Gasteiger partial charge in [0.2, 0.25) is 5.91 Å². The lowest BCUT2D eigenvalue weighted by atomic mass is 10.2. The van der Waals surface area contributed by atoms with Gasteiger partial charge in [-0.3, -0.25) is 9.59 Å². The molecule has 9 nitrogen and oxygen atoms in total. The summed E-state index contributed by atoms with van der Waals surface area (Å²) in [4.78, 5) is 31.9. The second-order valence-electron chi connectivity index (χ2n) is 6.54. The van der Waals surface area contributed by atoms with Crippen LogP contribution in [0, 0.1) is 5.82 Å². The molecule has 0 radical (unpaired) electrons. The van der Waals surface area contributed by atoms with Gasteiger partial charge in [-0.25, -0.2) is 14.1 Å². The predicted octanol–water partition coefficient (Wildman–Crippen LogP) is 3.00. The van der Waals surface area contributed by atoms with Gasteiger partial charge in [-0.1, -0.05) is 11.8 Å². The average Bonchev–Trinajstić information content (AvgIpc) is 3.23.